The molecule has 1 aromatic rings. The molecule has 1 aromatic carbocycles. The number of nitrogens with one attached hydrogen (secondary N) is 1. The SMILES string of the molecule is COC(=O)[C@@]1(C)CCN(Cc2ccc(NC(C)=O)cc2)C1. The number of anilines is 1. The molecule has 0 saturated carbocycles. The van der Waals surface area contributed by atoms with Gasteiger partial charge in [0.2, 0.25) is 5.91 Å². The van der Waals surface area contributed by atoms with Gasteiger partial charge in [-0.1, -0.05) is 12.1 Å². The van der Waals surface area contributed by atoms with E-state index in [1.165, 1.54) is 19.6 Å². The van der Waals surface area contributed by atoms with E-state index in [4.69, 9.17) is 4.74 Å². The number of ether oxygens (including phenoxy) is 1. The number of rotatable bonds is 4. The molecule has 1 heterocycles. The molecule has 0 aliphatic carbocycles. The van der Waals surface area contributed by atoms with Gasteiger partial charge in [-0.3, -0.25) is 14.5 Å². The molecule has 1 amide bonds. The summed E-state index contributed by atoms with van der Waals surface area (Å²) in [6, 6.07) is 7.79. The minimum absolute atomic E-state index is 0.0730. The van der Waals surface area contributed by atoms with E-state index in [-0.39, 0.29) is 11.9 Å². The monoisotopic (exact) mass is 290 g/mol. The summed E-state index contributed by atoms with van der Waals surface area (Å²) >= 11 is 0. The zero-order chi connectivity index (χ0) is 15.5. The number of hydrogen-bond donors (Lipinski definition) is 1. The van der Waals surface area contributed by atoms with E-state index in [1.54, 1.807) is 0 Å². The number of esters is 1. The number of benzene rings is 1. The van der Waals surface area contributed by atoms with Gasteiger partial charge in [0, 0.05) is 25.7 Å². The van der Waals surface area contributed by atoms with E-state index >= 15 is 0 Å². The molecular formula is C16H22N2O3. The van der Waals surface area contributed by atoms with Crippen molar-refractivity contribution < 1.29 is 14.3 Å². The molecule has 21 heavy (non-hydrogen) atoms. The van der Waals surface area contributed by atoms with Crippen molar-refractivity contribution in [3.8, 4) is 0 Å². The highest BCUT2D eigenvalue weighted by atomic mass is 16.5. The second-order valence-corrected chi connectivity index (χ2v) is 5.89. The van der Waals surface area contributed by atoms with Crippen molar-refractivity contribution in [3.05, 3.63) is 29.8 Å². The molecule has 2 rings (SSSR count). The molecule has 5 heteroatoms. The number of carbonyl (C=O) groups excluding carboxylic acids is 2. The van der Waals surface area contributed by atoms with Crippen LogP contribution in [0.25, 0.3) is 0 Å². The van der Waals surface area contributed by atoms with Crippen LogP contribution in [-0.4, -0.2) is 37.0 Å². The molecule has 0 radical (unpaired) electrons. The third-order valence-electron chi connectivity index (χ3n) is 3.91. The highest BCUT2D eigenvalue weighted by Gasteiger charge is 2.41. The summed E-state index contributed by atoms with van der Waals surface area (Å²) in [4.78, 5) is 25.0. The third kappa shape index (κ3) is 3.82. The normalized spacial score (nSPS) is 22.0. The van der Waals surface area contributed by atoms with Crippen molar-refractivity contribution in [1.82, 2.24) is 4.90 Å². The molecule has 5 nitrogen and oxygen atoms in total. The first-order valence-corrected chi connectivity index (χ1v) is 7.10. The Labute approximate surface area is 125 Å². The fourth-order valence-corrected chi connectivity index (χ4v) is 2.76. The van der Waals surface area contributed by atoms with Gasteiger partial charge in [0.1, 0.15) is 0 Å². The van der Waals surface area contributed by atoms with Gasteiger partial charge in [0.15, 0.2) is 0 Å². The highest BCUT2D eigenvalue weighted by molar-refractivity contribution is 5.88. The predicted octanol–water partition coefficient (Wildman–Crippen LogP) is 2.03. The first kappa shape index (κ1) is 15.5. The van der Waals surface area contributed by atoms with Gasteiger partial charge < -0.3 is 10.1 Å². The second kappa shape index (κ2) is 6.26. The Bertz CT molecular complexity index is 527. The fourth-order valence-electron chi connectivity index (χ4n) is 2.76. The van der Waals surface area contributed by atoms with Gasteiger partial charge in [-0.15, -0.1) is 0 Å². The maximum absolute atomic E-state index is 11.8. The molecule has 0 spiro atoms. The average molecular weight is 290 g/mol. The standard InChI is InChI=1S/C16H22N2O3/c1-12(19)17-14-6-4-13(5-7-14)10-18-9-8-16(2,11-18)15(20)21-3/h4-7H,8-11H2,1-3H3,(H,17,19)/t16-/m0/s1. The zero-order valence-corrected chi connectivity index (χ0v) is 12.8. The van der Waals surface area contributed by atoms with Gasteiger partial charge >= 0.3 is 5.97 Å². The number of hydrogen-bond acceptors (Lipinski definition) is 4. The molecule has 0 aromatic heterocycles. The van der Waals surface area contributed by atoms with Crippen LogP contribution in [0.2, 0.25) is 0 Å². The summed E-state index contributed by atoms with van der Waals surface area (Å²) in [7, 11) is 1.44. The lowest BCUT2D eigenvalue weighted by Gasteiger charge is -2.21. The van der Waals surface area contributed by atoms with Crippen LogP contribution in [0.15, 0.2) is 24.3 Å². The van der Waals surface area contributed by atoms with Crippen LogP contribution in [0.4, 0.5) is 5.69 Å². The molecule has 1 atom stereocenters. The van der Waals surface area contributed by atoms with E-state index in [1.807, 2.05) is 31.2 Å². The average Bonchev–Trinajstić information content (AvgIpc) is 2.82. The highest BCUT2D eigenvalue weighted by Crippen LogP contribution is 2.32. The van der Waals surface area contributed by atoms with Crippen molar-refractivity contribution >= 4 is 17.6 Å². The molecule has 1 aliphatic heterocycles. The fraction of sp³-hybridized carbons (Fsp3) is 0.500. The molecule has 114 valence electrons. The Morgan fingerprint density at radius 2 is 2.00 bits per heavy atom. The first-order chi connectivity index (χ1) is 9.93. The Morgan fingerprint density at radius 1 is 1.33 bits per heavy atom. The summed E-state index contributed by atoms with van der Waals surface area (Å²) in [5.74, 6) is -0.206. The second-order valence-electron chi connectivity index (χ2n) is 5.89. The van der Waals surface area contributed by atoms with E-state index in [9.17, 15) is 9.59 Å². The molecule has 0 bridgehead atoms. The summed E-state index contributed by atoms with van der Waals surface area (Å²) in [5, 5.41) is 2.75. The number of methoxy groups -OCH3 is 1. The summed E-state index contributed by atoms with van der Waals surface area (Å²) < 4.78 is 4.88. The Morgan fingerprint density at radius 3 is 2.57 bits per heavy atom. The van der Waals surface area contributed by atoms with Crippen LogP contribution < -0.4 is 5.32 Å². The van der Waals surface area contributed by atoms with E-state index in [0.717, 1.165) is 25.2 Å². The van der Waals surface area contributed by atoms with Gasteiger partial charge in [0.25, 0.3) is 0 Å². The Hall–Kier alpha value is -1.88. The van der Waals surface area contributed by atoms with Crippen molar-refractivity contribution in [2.24, 2.45) is 5.41 Å². The zero-order valence-electron chi connectivity index (χ0n) is 12.8. The van der Waals surface area contributed by atoms with Gasteiger partial charge in [0.05, 0.1) is 12.5 Å². The van der Waals surface area contributed by atoms with E-state index < -0.39 is 5.41 Å². The maximum Gasteiger partial charge on any atom is 0.312 e. The Balaban J connectivity index is 1.94. The molecular weight excluding hydrogens is 268 g/mol. The van der Waals surface area contributed by atoms with Crippen LogP contribution in [0.5, 0.6) is 0 Å². The van der Waals surface area contributed by atoms with Crippen molar-refractivity contribution in [1.29, 1.82) is 0 Å². The minimum Gasteiger partial charge on any atom is -0.469 e. The number of amides is 1. The van der Waals surface area contributed by atoms with Crippen LogP contribution in [0.1, 0.15) is 25.8 Å². The van der Waals surface area contributed by atoms with Crippen LogP contribution >= 0.6 is 0 Å². The van der Waals surface area contributed by atoms with Gasteiger partial charge in [-0.2, -0.15) is 0 Å². The Kier molecular flexibility index (Phi) is 4.63. The van der Waals surface area contributed by atoms with E-state index in [0.29, 0.717) is 6.54 Å². The predicted molar refractivity (Wildman–Crippen MR) is 80.8 cm³/mol. The quantitative estimate of drug-likeness (QED) is 0.862. The number of likely N-dealkylation sites (tertiary alicyclic amines) is 1. The third-order valence-corrected chi connectivity index (χ3v) is 3.91. The summed E-state index contributed by atoms with van der Waals surface area (Å²) in [5.41, 5.74) is 1.57. The van der Waals surface area contributed by atoms with Crippen molar-refractivity contribution in [2.45, 2.75) is 26.8 Å². The molecule has 1 aliphatic rings. The number of carbonyl (C=O) groups is 2. The summed E-state index contributed by atoms with van der Waals surface area (Å²) in [6.45, 7) is 5.85. The maximum atomic E-state index is 11.8. The van der Waals surface area contributed by atoms with Crippen LogP contribution in [0.3, 0.4) is 0 Å². The first-order valence-electron chi connectivity index (χ1n) is 7.10. The molecule has 0 unspecified atom stereocenters. The number of nitrogens with zero attached hydrogens (tertiary/aromatic N) is 1. The lowest BCUT2D eigenvalue weighted by atomic mass is 9.90. The van der Waals surface area contributed by atoms with Crippen molar-refractivity contribution in [2.75, 3.05) is 25.5 Å². The summed E-state index contributed by atoms with van der Waals surface area (Å²) in [6.07, 6.45) is 0.823. The van der Waals surface area contributed by atoms with Gasteiger partial charge in [-0.25, -0.2) is 0 Å². The smallest absolute Gasteiger partial charge is 0.312 e. The topological polar surface area (TPSA) is 58.6 Å². The lowest BCUT2D eigenvalue weighted by Crippen LogP contribution is -2.32. The van der Waals surface area contributed by atoms with Crippen LogP contribution in [-0.2, 0) is 20.9 Å². The van der Waals surface area contributed by atoms with E-state index in [2.05, 4.69) is 10.2 Å². The lowest BCUT2D eigenvalue weighted by molar-refractivity contribution is -0.151. The molecule has 1 fully saturated rings. The van der Waals surface area contributed by atoms with Crippen molar-refractivity contribution in [3.63, 3.8) is 0 Å². The minimum atomic E-state index is -0.398. The molecule has 1 saturated heterocycles. The largest absolute Gasteiger partial charge is 0.469 e. The van der Waals surface area contributed by atoms with Crippen LogP contribution in [0, 0.1) is 5.41 Å². The molecule has 1 N–H and O–H groups in total. The van der Waals surface area contributed by atoms with Gasteiger partial charge in [-0.05, 0) is 37.6 Å².